The van der Waals surface area contributed by atoms with Gasteiger partial charge in [0.25, 0.3) is 0 Å². The van der Waals surface area contributed by atoms with Gasteiger partial charge in [-0.3, -0.25) is 0 Å². The van der Waals surface area contributed by atoms with Crippen molar-refractivity contribution in [3.05, 3.63) is 36.2 Å². The van der Waals surface area contributed by atoms with Crippen molar-refractivity contribution >= 4 is 12.0 Å². The van der Waals surface area contributed by atoms with Crippen LogP contribution >= 0.6 is 0 Å². The highest BCUT2D eigenvalue weighted by Crippen LogP contribution is 2.02. The molecule has 0 atom stereocenters. The summed E-state index contributed by atoms with van der Waals surface area (Å²) in [5.41, 5.74) is 0.991. The SMILES string of the molecule is C=Cc1cccc(C(=O)OCC)n1. The van der Waals surface area contributed by atoms with Gasteiger partial charge in [-0.1, -0.05) is 12.6 Å². The maximum absolute atomic E-state index is 11.2. The summed E-state index contributed by atoms with van der Waals surface area (Å²) in [5.74, 6) is -0.397. The molecule has 3 heteroatoms. The van der Waals surface area contributed by atoms with Gasteiger partial charge in [-0.25, -0.2) is 9.78 Å². The Kier molecular flexibility index (Phi) is 3.20. The molecule has 1 rings (SSSR count). The van der Waals surface area contributed by atoms with Crippen LogP contribution in [0.1, 0.15) is 23.1 Å². The fraction of sp³-hybridized carbons (Fsp3) is 0.200. The first-order chi connectivity index (χ1) is 6.27. The number of hydrogen-bond acceptors (Lipinski definition) is 3. The van der Waals surface area contributed by atoms with Crippen LogP contribution in [-0.2, 0) is 4.74 Å². The molecule has 1 aromatic rings. The van der Waals surface area contributed by atoms with Gasteiger partial charge in [0.05, 0.1) is 12.3 Å². The van der Waals surface area contributed by atoms with E-state index in [9.17, 15) is 4.79 Å². The first-order valence-corrected chi connectivity index (χ1v) is 4.04. The number of ether oxygens (including phenoxy) is 1. The number of carbonyl (C=O) groups excluding carboxylic acids is 1. The fourth-order valence-corrected chi connectivity index (χ4v) is 0.884. The van der Waals surface area contributed by atoms with Crippen molar-refractivity contribution in [2.24, 2.45) is 0 Å². The Morgan fingerprint density at radius 3 is 3.08 bits per heavy atom. The van der Waals surface area contributed by atoms with Crippen molar-refractivity contribution < 1.29 is 9.53 Å². The van der Waals surface area contributed by atoms with E-state index < -0.39 is 5.97 Å². The average molecular weight is 177 g/mol. The molecule has 0 bridgehead atoms. The molecular weight excluding hydrogens is 166 g/mol. The highest BCUT2D eigenvalue weighted by atomic mass is 16.5. The minimum atomic E-state index is -0.397. The van der Waals surface area contributed by atoms with Crippen molar-refractivity contribution in [1.29, 1.82) is 0 Å². The van der Waals surface area contributed by atoms with E-state index >= 15 is 0 Å². The molecule has 0 saturated carbocycles. The molecule has 13 heavy (non-hydrogen) atoms. The average Bonchev–Trinajstić information content (AvgIpc) is 2.18. The minimum absolute atomic E-state index is 0.319. The number of carbonyl (C=O) groups is 1. The Balaban J connectivity index is 2.88. The molecule has 1 aromatic heterocycles. The van der Waals surface area contributed by atoms with Crippen LogP contribution in [0.2, 0.25) is 0 Å². The number of pyridine rings is 1. The number of hydrogen-bond donors (Lipinski definition) is 0. The molecule has 0 aliphatic heterocycles. The Hall–Kier alpha value is -1.64. The van der Waals surface area contributed by atoms with Crippen molar-refractivity contribution in [1.82, 2.24) is 4.98 Å². The van der Waals surface area contributed by atoms with Crippen molar-refractivity contribution in [2.75, 3.05) is 6.61 Å². The molecule has 3 nitrogen and oxygen atoms in total. The number of esters is 1. The first kappa shape index (κ1) is 9.45. The summed E-state index contributed by atoms with van der Waals surface area (Å²) in [6.07, 6.45) is 1.59. The van der Waals surface area contributed by atoms with Gasteiger partial charge < -0.3 is 4.74 Å². The fourth-order valence-electron chi connectivity index (χ4n) is 0.884. The predicted molar refractivity (Wildman–Crippen MR) is 50.3 cm³/mol. The Labute approximate surface area is 77.1 Å². The lowest BCUT2D eigenvalue weighted by molar-refractivity contribution is 0.0519. The van der Waals surface area contributed by atoms with Crippen molar-refractivity contribution in [3.8, 4) is 0 Å². The second-order valence-corrected chi connectivity index (χ2v) is 2.37. The van der Waals surface area contributed by atoms with Gasteiger partial charge >= 0.3 is 5.97 Å². The van der Waals surface area contributed by atoms with Crippen LogP contribution in [0.25, 0.3) is 6.08 Å². The van der Waals surface area contributed by atoms with E-state index in [0.29, 0.717) is 18.0 Å². The lowest BCUT2D eigenvalue weighted by Crippen LogP contribution is -2.07. The zero-order chi connectivity index (χ0) is 9.68. The topological polar surface area (TPSA) is 39.2 Å². The van der Waals surface area contributed by atoms with Gasteiger partial charge in [-0.05, 0) is 25.1 Å². The lowest BCUT2D eigenvalue weighted by atomic mass is 10.3. The van der Waals surface area contributed by atoms with E-state index in [4.69, 9.17) is 4.74 Å². The van der Waals surface area contributed by atoms with Gasteiger partial charge in [0, 0.05) is 0 Å². The summed E-state index contributed by atoms with van der Waals surface area (Å²) in [4.78, 5) is 15.2. The first-order valence-electron chi connectivity index (χ1n) is 4.04. The van der Waals surface area contributed by atoms with Gasteiger partial charge in [0.1, 0.15) is 5.69 Å². The molecule has 0 saturated heterocycles. The second-order valence-electron chi connectivity index (χ2n) is 2.37. The van der Waals surface area contributed by atoms with Crippen LogP contribution in [-0.4, -0.2) is 17.6 Å². The molecule has 68 valence electrons. The lowest BCUT2D eigenvalue weighted by Gasteiger charge is -2.00. The highest BCUT2D eigenvalue weighted by molar-refractivity contribution is 5.87. The van der Waals surface area contributed by atoms with E-state index in [2.05, 4.69) is 11.6 Å². The summed E-state index contributed by atoms with van der Waals surface area (Å²) in [5, 5.41) is 0. The maximum atomic E-state index is 11.2. The molecule has 0 aliphatic rings. The zero-order valence-corrected chi connectivity index (χ0v) is 7.49. The van der Waals surface area contributed by atoms with Crippen LogP contribution in [0.4, 0.5) is 0 Å². The predicted octanol–water partition coefficient (Wildman–Crippen LogP) is 1.90. The zero-order valence-electron chi connectivity index (χ0n) is 7.49. The second kappa shape index (κ2) is 4.40. The van der Waals surface area contributed by atoms with Crippen LogP contribution < -0.4 is 0 Å². The highest BCUT2D eigenvalue weighted by Gasteiger charge is 2.06. The summed E-state index contributed by atoms with van der Waals surface area (Å²) < 4.78 is 4.79. The van der Waals surface area contributed by atoms with E-state index in [-0.39, 0.29) is 0 Å². The molecule has 0 unspecified atom stereocenters. The number of rotatable bonds is 3. The van der Waals surface area contributed by atoms with Gasteiger partial charge in [0.2, 0.25) is 0 Å². The van der Waals surface area contributed by atoms with Gasteiger partial charge in [-0.2, -0.15) is 0 Å². The van der Waals surface area contributed by atoms with Gasteiger partial charge in [0.15, 0.2) is 0 Å². The standard InChI is InChI=1S/C10H11NO2/c1-3-8-6-5-7-9(11-8)10(12)13-4-2/h3,5-7H,1,4H2,2H3. The molecular formula is C10H11NO2. The quantitative estimate of drug-likeness (QED) is 0.662. The third-order valence-electron chi connectivity index (χ3n) is 1.46. The third kappa shape index (κ3) is 2.40. The van der Waals surface area contributed by atoms with Crippen molar-refractivity contribution in [2.45, 2.75) is 6.92 Å². The Bertz CT molecular complexity index is 320. The van der Waals surface area contributed by atoms with Crippen LogP contribution in [0.5, 0.6) is 0 Å². The molecule has 0 radical (unpaired) electrons. The van der Waals surface area contributed by atoms with E-state index in [1.54, 1.807) is 31.2 Å². The largest absolute Gasteiger partial charge is 0.461 e. The summed E-state index contributed by atoms with van der Waals surface area (Å²) in [7, 11) is 0. The molecule has 0 aliphatic carbocycles. The van der Waals surface area contributed by atoms with Gasteiger partial charge in [-0.15, -0.1) is 0 Å². The number of nitrogens with zero attached hydrogens (tertiary/aromatic N) is 1. The molecule has 0 aromatic carbocycles. The van der Waals surface area contributed by atoms with Crippen molar-refractivity contribution in [3.63, 3.8) is 0 Å². The molecule has 0 spiro atoms. The molecule has 0 amide bonds. The van der Waals surface area contributed by atoms with E-state index in [1.165, 1.54) is 0 Å². The van der Waals surface area contributed by atoms with E-state index in [1.807, 2.05) is 0 Å². The number of aromatic nitrogens is 1. The third-order valence-corrected chi connectivity index (χ3v) is 1.46. The summed E-state index contributed by atoms with van der Waals surface area (Å²) in [6, 6.07) is 5.14. The normalized spacial score (nSPS) is 9.31. The van der Waals surface area contributed by atoms with Crippen LogP contribution in [0.15, 0.2) is 24.8 Å². The summed E-state index contributed by atoms with van der Waals surface area (Å²) >= 11 is 0. The minimum Gasteiger partial charge on any atom is -0.461 e. The monoisotopic (exact) mass is 177 g/mol. The van der Waals surface area contributed by atoms with E-state index in [0.717, 1.165) is 0 Å². The Morgan fingerprint density at radius 1 is 1.69 bits per heavy atom. The summed E-state index contributed by atoms with van der Waals surface area (Å²) in [6.45, 7) is 5.68. The van der Waals surface area contributed by atoms with Crippen LogP contribution in [0, 0.1) is 0 Å². The van der Waals surface area contributed by atoms with Crippen LogP contribution in [0.3, 0.4) is 0 Å². The maximum Gasteiger partial charge on any atom is 0.356 e. The molecule has 0 N–H and O–H groups in total. The smallest absolute Gasteiger partial charge is 0.356 e. The molecule has 1 heterocycles. The Morgan fingerprint density at radius 2 is 2.46 bits per heavy atom. The molecule has 0 fully saturated rings.